The van der Waals surface area contributed by atoms with E-state index in [9.17, 15) is 4.79 Å². The van der Waals surface area contributed by atoms with E-state index in [0.29, 0.717) is 17.0 Å². The molecule has 1 aromatic heterocycles. The van der Waals surface area contributed by atoms with Crippen LogP contribution in [0.4, 0.5) is 22.1 Å². The molecule has 2 N–H and O–H groups in total. The molecular weight excluding hydrogens is 420 g/mol. The minimum Gasteiger partial charge on any atom is -0.496 e. The van der Waals surface area contributed by atoms with Crippen LogP contribution in [0, 0.1) is 0 Å². The lowest BCUT2D eigenvalue weighted by Gasteiger charge is -2.33. The van der Waals surface area contributed by atoms with E-state index in [-0.39, 0.29) is 5.84 Å². The highest BCUT2D eigenvalue weighted by molar-refractivity contribution is 7.17. The second-order valence-corrected chi connectivity index (χ2v) is 8.27. The highest BCUT2D eigenvalue weighted by atomic mass is 32.1. The van der Waals surface area contributed by atoms with Crippen LogP contribution < -0.4 is 15.5 Å². The van der Waals surface area contributed by atoms with Gasteiger partial charge < -0.3 is 20.3 Å². The number of methoxy groups -OCH3 is 1. The van der Waals surface area contributed by atoms with Gasteiger partial charge in [0.15, 0.2) is 12.1 Å². The predicted octanol–water partition coefficient (Wildman–Crippen LogP) is 5.33. The fourth-order valence-corrected chi connectivity index (χ4v) is 4.67. The molecule has 0 atom stereocenters. The molecule has 2 heterocycles. The van der Waals surface area contributed by atoms with Crippen LogP contribution in [0.2, 0.25) is 0 Å². The zero-order chi connectivity index (χ0) is 23.3. The zero-order valence-corrected chi connectivity index (χ0v) is 19.3. The normalized spacial score (nSPS) is 13.9. The second kappa shape index (κ2) is 10.2. The number of nitrogens with two attached hydrogens (primary N) is 1. The third kappa shape index (κ3) is 4.68. The maximum absolute atomic E-state index is 11.1. The van der Waals surface area contributed by atoms with Gasteiger partial charge in [0.1, 0.15) is 10.8 Å². The van der Waals surface area contributed by atoms with Gasteiger partial charge >= 0.3 is 0 Å². The number of aldehydes is 1. The first-order valence-electron chi connectivity index (χ1n) is 10.2. The van der Waals surface area contributed by atoms with Gasteiger partial charge in [-0.2, -0.15) is 0 Å². The summed E-state index contributed by atoms with van der Waals surface area (Å²) >= 11 is 1.37. The zero-order valence-electron chi connectivity index (χ0n) is 18.5. The van der Waals surface area contributed by atoms with Gasteiger partial charge in [-0.15, -0.1) is 11.3 Å². The van der Waals surface area contributed by atoms with Crippen molar-refractivity contribution in [1.29, 1.82) is 0 Å². The molecule has 166 valence electrons. The van der Waals surface area contributed by atoms with E-state index in [1.165, 1.54) is 16.9 Å². The third-order valence-corrected chi connectivity index (χ3v) is 6.37. The highest BCUT2D eigenvalue weighted by Gasteiger charge is 2.22. The maximum atomic E-state index is 11.1. The lowest BCUT2D eigenvalue weighted by Crippen LogP contribution is -2.28. The van der Waals surface area contributed by atoms with Gasteiger partial charge in [0, 0.05) is 30.7 Å². The Morgan fingerprint density at radius 2 is 2.12 bits per heavy atom. The Labute approximate surface area is 193 Å². The Kier molecular flexibility index (Phi) is 7.33. The van der Waals surface area contributed by atoms with Crippen molar-refractivity contribution in [3.8, 4) is 0 Å². The van der Waals surface area contributed by atoms with Gasteiger partial charge in [-0.25, -0.2) is 4.99 Å². The fourth-order valence-electron chi connectivity index (χ4n) is 3.64. The van der Waals surface area contributed by atoms with E-state index >= 15 is 0 Å². The number of thiophene rings is 1. The Bertz CT molecular complexity index is 1110. The summed E-state index contributed by atoms with van der Waals surface area (Å²) in [5, 5.41) is 0.609. The molecule has 0 amide bonds. The highest BCUT2D eigenvalue weighted by Crippen LogP contribution is 2.44. The number of hydrogen-bond donors (Lipinski definition) is 1. The number of ether oxygens (including phenoxy) is 1. The molecule has 1 aliphatic rings. The molecule has 3 rings (SSSR count). The van der Waals surface area contributed by atoms with Crippen LogP contribution in [-0.2, 0) is 16.0 Å². The number of carbonyl (C=O) groups excluding carboxylic acids is 1. The van der Waals surface area contributed by atoms with Crippen LogP contribution >= 0.6 is 11.3 Å². The molecule has 6 nitrogen and oxygen atoms in total. The predicted molar refractivity (Wildman–Crippen MR) is 136 cm³/mol. The maximum Gasteiger partial charge on any atom is 0.184 e. The number of carbonyl (C=O) groups is 1. The van der Waals surface area contributed by atoms with Gasteiger partial charge in [-0.3, -0.25) is 4.79 Å². The minimum atomic E-state index is -0.0853. The number of hydrogen-bond acceptors (Lipinski definition) is 6. The van der Waals surface area contributed by atoms with E-state index in [1.807, 2.05) is 30.2 Å². The summed E-state index contributed by atoms with van der Waals surface area (Å²) in [4.78, 5) is 20.5. The third-order valence-electron chi connectivity index (χ3n) is 5.31. The van der Waals surface area contributed by atoms with Crippen LogP contribution in [-0.4, -0.2) is 32.8 Å². The smallest absolute Gasteiger partial charge is 0.184 e. The molecule has 0 radical (unpaired) electrons. The number of amidine groups is 1. The SMILES string of the molecule is C=C/C=C(\C=C)N1CCCc2ccc(N(C)c3cc(C(=C)OC)sc3/N=C(/N)C=O)cc21. The average molecular weight is 449 g/mol. The number of rotatable bonds is 9. The first-order chi connectivity index (χ1) is 15.4. The summed E-state index contributed by atoms with van der Waals surface area (Å²) in [5.74, 6) is 0.440. The average Bonchev–Trinajstić information content (AvgIpc) is 3.24. The van der Waals surface area contributed by atoms with Crippen molar-refractivity contribution in [2.75, 3.05) is 30.5 Å². The largest absolute Gasteiger partial charge is 0.496 e. The Morgan fingerprint density at radius 3 is 2.78 bits per heavy atom. The molecule has 0 spiro atoms. The van der Waals surface area contributed by atoms with E-state index in [0.717, 1.165) is 47.0 Å². The van der Waals surface area contributed by atoms with Crippen molar-refractivity contribution in [3.63, 3.8) is 0 Å². The van der Waals surface area contributed by atoms with E-state index in [1.54, 1.807) is 13.2 Å². The Hall–Kier alpha value is -3.58. The summed E-state index contributed by atoms with van der Waals surface area (Å²) in [6.45, 7) is 12.6. The standard InChI is InChI=1S/C25H28N4O2S/c1-6-9-19(7-2)29-13-8-10-18-11-12-20(14-21(18)29)28(4)22-15-23(17(3)31-5)32-25(22)27-24(26)16-30/h6-7,9,11-12,14-16H,1-3,8,10,13H2,4-5H3,(H2,26,27)/b19-9+. The summed E-state index contributed by atoms with van der Waals surface area (Å²) < 4.78 is 5.29. The van der Waals surface area contributed by atoms with Crippen molar-refractivity contribution in [3.05, 3.63) is 78.4 Å². The van der Waals surface area contributed by atoms with Crippen LogP contribution in [0.15, 0.2) is 72.9 Å². The summed E-state index contributed by atoms with van der Waals surface area (Å²) in [7, 11) is 3.53. The Balaban J connectivity index is 2.08. The van der Waals surface area contributed by atoms with Gasteiger partial charge in [0.05, 0.1) is 17.7 Å². The number of aliphatic imine (C=N–C) groups is 1. The molecule has 0 bridgehead atoms. The van der Waals surface area contributed by atoms with Crippen molar-refractivity contribution >= 4 is 51.3 Å². The van der Waals surface area contributed by atoms with Crippen LogP contribution in [0.5, 0.6) is 0 Å². The van der Waals surface area contributed by atoms with Crippen LogP contribution in [0.25, 0.3) is 5.76 Å². The van der Waals surface area contributed by atoms with Crippen molar-refractivity contribution in [1.82, 2.24) is 0 Å². The second-order valence-electron chi connectivity index (χ2n) is 7.24. The van der Waals surface area contributed by atoms with Gasteiger partial charge in [0.25, 0.3) is 0 Å². The lowest BCUT2D eigenvalue weighted by atomic mass is 10.00. The van der Waals surface area contributed by atoms with Crippen molar-refractivity contribution < 1.29 is 9.53 Å². The van der Waals surface area contributed by atoms with Gasteiger partial charge in [-0.05, 0) is 48.8 Å². The number of allylic oxidation sites excluding steroid dienone is 3. The van der Waals surface area contributed by atoms with E-state index < -0.39 is 0 Å². The Morgan fingerprint density at radius 1 is 1.34 bits per heavy atom. The molecule has 0 saturated carbocycles. The summed E-state index contributed by atoms with van der Waals surface area (Å²) in [5.41, 5.74) is 10.9. The molecule has 1 aromatic carbocycles. The van der Waals surface area contributed by atoms with Gasteiger partial charge in [-0.1, -0.05) is 31.9 Å². The van der Waals surface area contributed by atoms with E-state index in [4.69, 9.17) is 10.5 Å². The monoisotopic (exact) mass is 448 g/mol. The van der Waals surface area contributed by atoms with Gasteiger partial charge in [0.2, 0.25) is 0 Å². The molecule has 0 saturated heterocycles. The van der Waals surface area contributed by atoms with E-state index in [2.05, 4.69) is 47.8 Å². The number of nitrogens with zero attached hydrogens (tertiary/aromatic N) is 3. The number of fused-ring (bicyclic) bond motifs is 1. The van der Waals surface area contributed by atoms with Crippen molar-refractivity contribution in [2.24, 2.45) is 10.7 Å². The molecule has 2 aromatic rings. The number of anilines is 3. The molecular formula is C25H28N4O2S. The summed E-state index contributed by atoms with van der Waals surface area (Å²) in [6, 6.07) is 8.35. The molecule has 0 unspecified atom stereocenters. The topological polar surface area (TPSA) is 71.2 Å². The van der Waals surface area contributed by atoms with Crippen LogP contribution in [0.1, 0.15) is 16.9 Å². The summed E-state index contributed by atoms with van der Waals surface area (Å²) in [6.07, 6.45) is 8.22. The van der Waals surface area contributed by atoms with Crippen LogP contribution in [0.3, 0.4) is 0 Å². The molecule has 1 aliphatic heterocycles. The molecule has 0 aliphatic carbocycles. The number of aryl methyl sites for hydroxylation is 1. The first kappa shape index (κ1) is 23.1. The number of benzene rings is 1. The first-order valence-corrected chi connectivity index (χ1v) is 11.0. The van der Waals surface area contributed by atoms with Crippen molar-refractivity contribution in [2.45, 2.75) is 12.8 Å². The molecule has 7 heteroatoms. The lowest BCUT2D eigenvalue weighted by molar-refractivity contribution is -0.102. The fraction of sp³-hybridized carbons (Fsp3) is 0.200. The quantitative estimate of drug-likeness (QED) is 0.185. The molecule has 32 heavy (non-hydrogen) atoms. The molecule has 0 fully saturated rings. The minimum absolute atomic E-state index is 0.0853.